The molecule has 27 heavy (non-hydrogen) atoms. The molecule has 9 heteroatoms. The Morgan fingerprint density at radius 3 is 2.52 bits per heavy atom. The summed E-state index contributed by atoms with van der Waals surface area (Å²) in [5.41, 5.74) is 0.0104. The van der Waals surface area contributed by atoms with Crippen LogP contribution < -0.4 is 9.80 Å². The SMILES string of the molecule is Cc1cc(N2CCC(N(c3nccc(C(F)(F)F)n3)C3CC3)C2)nc(C)n1. The largest absolute Gasteiger partial charge is 0.433 e. The molecular weight excluding hydrogens is 357 g/mol. The van der Waals surface area contributed by atoms with Gasteiger partial charge in [0.15, 0.2) is 0 Å². The van der Waals surface area contributed by atoms with Gasteiger partial charge in [0.05, 0.1) is 6.04 Å². The van der Waals surface area contributed by atoms with Crippen LogP contribution in [0.1, 0.15) is 36.5 Å². The smallest absolute Gasteiger partial charge is 0.354 e. The van der Waals surface area contributed by atoms with Crippen LogP contribution in [-0.4, -0.2) is 45.1 Å². The lowest BCUT2D eigenvalue weighted by Crippen LogP contribution is -2.41. The maximum Gasteiger partial charge on any atom is 0.433 e. The number of hydrogen-bond donors (Lipinski definition) is 0. The minimum absolute atomic E-state index is 0.0663. The maximum atomic E-state index is 13.1. The van der Waals surface area contributed by atoms with Crippen LogP contribution in [0.5, 0.6) is 0 Å². The molecule has 0 radical (unpaired) electrons. The van der Waals surface area contributed by atoms with Gasteiger partial charge in [0, 0.05) is 37.1 Å². The van der Waals surface area contributed by atoms with Crippen LogP contribution in [-0.2, 0) is 6.18 Å². The third-order valence-electron chi connectivity index (χ3n) is 4.94. The zero-order chi connectivity index (χ0) is 19.2. The molecule has 1 saturated carbocycles. The first-order valence-electron chi connectivity index (χ1n) is 9.07. The predicted octanol–water partition coefficient (Wildman–Crippen LogP) is 3.15. The molecule has 0 amide bonds. The molecule has 1 aliphatic heterocycles. The molecule has 1 saturated heterocycles. The first-order valence-corrected chi connectivity index (χ1v) is 9.07. The van der Waals surface area contributed by atoms with Crippen molar-refractivity contribution in [3.63, 3.8) is 0 Å². The van der Waals surface area contributed by atoms with Crippen molar-refractivity contribution in [2.24, 2.45) is 0 Å². The summed E-state index contributed by atoms with van der Waals surface area (Å²) in [5.74, 6) is 1.76. The Balaban J connectivity index is 1.57. The Morgan fingerprint density at radius 1 is 1.07 bits per heavy atom. The molecule has 2 fully saturated rings. The average molecular weight is 378 g/mol. The molecule has 0 N–H and O–H groups in total. The van der Waals surface area contributed by atoms with Gasteiger partial charge in [-0.1, -0.05) is 0 Å². The van der Waals surface area contributed by atoms with Crippen molar-refractivity contribution < 1.29 is 13.2 Å². The van der Waals surface area contributed by atoms with Crippen molar-refractivity contribution >= 4 is 11.8 Å². The van der Waals surface area contributed by atoms with Crippen molar-refractivity contribution in [2.75, 3.05) is 22.9 Å². The minimum Gasteiger partial charge on any atom is -0.354 e. The van der Waals surface area contributed by atoms with Crippen molar-refractivity contribution in [3.05, 3.63) is 35.5 Å². The summed E-state index contributed by atoms with van der Waals surface area (Å²) in [5, 5.41) is 0. The quantitative estimate of drug-likeness (QED) is 0.815. The fourth-order valence-electron chi connectivity index (χ4n) is 3.64. The number of halogens is 3. The molecule has 4 rings (SSSR count). The van der Waals surface area contributed by atoms with Crippen LogP contribution >= 0.6 is 0 Å². The average Bonchev–Trinajstić information content (AvgIpc) is 3.30. The Hall–Kier alpha value is -2.45. The Labute approximate surface area is 155 Å². The van der Waals surface area contributed by atoms with Crippen LogP contribution in [0.3, 0.4) is 0 Å². The fourth-order valence-corrected chi connectivity index (χ4v) is 3.64. The molecular formula is C18H21F3N6. The second kappa shape index (κ2) is 6.61. The number of aryl methyl sites for hydroxylation is 2. The van der Waals surface area contributed by atoms with E-state index in [2.05, 4.69) is 24.8 Å². The molecule has 0 bridgehead atoms. The number of nitrogens with zero attached hydrogens (tertiary/aromatic N) is 6. The van der Waals surface area contributed by atoms with Crippen LogP contribution in [0.15, 0.2) is 18.3 Å². The summed E-state index contributed by atoms with van der Waals surface area (Å²) in [6.45, 7) is 5.27. The van der Waals surface area contributed by atoms with E-state index in [1.165, 1.54) is 6.20 Å². The van der Waals surface area contributed by atoms with Gasteiger partial charge in [-0.05, 0) is 39.2 Å². The molecule has 1 aliphatic carbocycles. The third-order valence-corrected chi connectivity index (χ3v) is 4.94. The first kappa shape index (κ1) is 17.9. The fraction of sp³-hybridized carbons (Fsp3) is 0.556. The van der Waals surface area contributed by atoms with E-state index < -0.39 is 11.9 Å². The van der Waals surface area contributed by atoms with Gasteiger partial charge in [-0.2, -0.15) is 13.2 Å². The highest BCUT2D eigenvalue weighted by atomic mass is 19.4. The molecule has 1 atom stereocenters. The maximum absolute atomic E-state index is 13.1. The lowest BCUT2D eigenvalue weighted by molar-refractivity contribution is -0.141. The molecule has 144 valence electrons. The molecule has 2 aromatic heterocycles. The topological polar surface area (TPSA) is 58.0 Å². The number of rotatable bonds is 4. The van der Waals surface area contributed by atoms with Crippen LogP contribution in [0.25, 0.3) is 0 Å². The Bertz CT molecular complexity index is 816. The molecule has 3 heterocycles. The van der Waals surface area contributed by atoms with E-state index in [9.17, 15) is 13.2 Å². The number of hydrogen-bond acceptors (Lipinski definition) is 6. The van der Waals surface area contributed by atoms with Crippen LogP contribution in [0, 0.1) is 13.8 Å². The van der Waals surface area contributed by atoms with E-state index in [-0.39, 0.29) is 18.0 Å². The van der Waals surface area contributed by atoms with Gasteiger partial charge in [0.25, 0.3) is 0 Å². The highest BCUT2D eigenvalue weighted by Gasteiger charge is 2.40. The highest BCUT2D eigenvalue weighted by molar-refractivity contribution is 5.45. The number of anilines is 2. The van der Waals surface area contributed by atoms with Crippen molar-refractivity contribution in [3.8, 4) is 0 Å². The van der Waals surface area contributed by atoms with E-state index in [0.29, 0.717) is 12.4 Å². The number of aromatic nitrogens is 4. The molecule has 2 aromatic rings. The summed E-state index contributed by atoms with van der Waals surface area (Å²) in [6, 6.07) is 3.14. The van der Waals surface area contributed by atoms with Gasteiger partial charge in [-0.15, -0.1) is 0 Å². The van der Waals surface area contributed by atoms with Gasteiger partial charge >= 0.3 is 6.18 Å². The predicted molar refractivity (Wildman–Crippen MR) is 94.7 cm³/mol. The number of alkyl halides is 3. The lowest BCUT2D eigenvalue weighted by Gasteiger charge is -2.29. The minimum atomic E-state index is -4.47. The Morgan fingerprint density at radius 2 is 1.85 bits per heavy atom. The molecule has 0 aromatic carbocycles. The summed E-state index contributed by atoms with van der Waals surface area (Å²) in [4.78, 5) is 20.9. The van der Waals surface area contributed by atoms with Crippen molar-refractivity contribution in [1.82, 2.24) is 19.9 Å². The monoisotopic (exact) mass is 378 g/mol. The molecule has 2 aliphatic rings. The van der Waals surface area contributed by atoms with E-state index >= 15 is 0 Å². The lowest BCUT2D eigenvalue weighted by atomic mass is 10.2. The van der Waals surface area contributed by atoms with Crippen LogP contribution in [0.4, 0.5) is 24.9 Å². The van der Waals surface area contributed by atoms with Gasteiger partial charge < -0.3 is 9.80 Å². The van der Waals surface area contributed by atoms with E-state index in [4.69, 9.17) is 0 Å². The standard InChI is InChI=1S/C18H21F3N6/c1-11-9-16(24-12(2)23-11)26-8-6-14(10-26)27(13-3-4-13)17-22-7-5-15(25-17)18(19,20)21/h5,7,9,13-14H,3-4,6,8,10H2,1-2H3. The van der Waals surface area contributed by atoms with E-state index in [1.807, 2.05) is 24.8 Å². The normalized spacial score (nSPS) is 20.2. The third kappa shape index (κ3) is 3.81. The summed E-state index contributed by atoms with van der Waals surface area (Å²) in [7, 11) is 0. The molecule has 0 spiro atoms. The summed E-state index contributed by atoms with van der Waals surface area (Å²) in [6.07, 6.45) is -0.517. The van der Waals surface area contributed by atoms with Crippen molar-refractivity contribution in [2.45, 2.75) is 51.4 Å². The van der Waals surface area contributed by atoms with E-state index in [0.717, 1.165) is 43.4 Å². The second-order valence-electron chi connectivity index (χ2n) is 7.18. The summed E-state index contributed by atoms with van der Waals surface area (Å²) < 4.78 is 39.2. The second-order valence-corrected chi connectivity index (χ2v) is 7.18. The summed E-state index contributed by atoms with van der Waals surface area (Å²) >= 11 is 0. The highest BCUT2D eigenvalue weighted by Crippen LogP contribution is 2.36. The van der Waals surface area contributed by atoms with Gasteiger partial charge in [-0.3, -0.25) is 0 Å². The first-order chi connectivity index (χ1) is 12.8. The van der Waals surface area contributed by atoms with E-state index in [1.54, 1.807) is 0 Å². The molecule has 6 nitrogen and oxygen atoms in total. The Kier molecular flexibility index (Phi) is 4.39. The molecule has 1 unspecified atom stereocenters. The zero-order valence-corrected chi connectivity index (χ0v) is 15.2. The van der Waals surface area contributed by atoms with Crippen LogP contribution in [0.2, 0.25) is 0 Å². The van der Waals surface area contributed by atoms with Crippen molar-refractivity contribution in [1.29, 1.82) is 0 Å². The van der Waals surface area contributed by atoms with Gasteiger partial charge in [0.1, 0.15) is 17.3 Å². The van der Waals surface area contributed by atoms with Gasteiger partial charge in [-0.25, -0.2) is 19.9 Å². The zero-order valence-electron chi connectivity index (χ0n) is 15.2. The van der Waals surface area contributed by atoms with Gasteiger partial charge in [0.2, 0.25) is 5.95 Å².